The van der Waals surface area contributed by atoms with Gasteiger partial charge in [-0.05, 0) is 31.6 Å². The van der Waals surface area contributed by atoms with Gasteiger partial charge in [-0.25, -0.2) is 15.8 Å². The van der Waals surface area contributed by atoms with Crippen molar-refractivity contribution < 1.29 is 4.74 Å². The van der Waals surface area contributed by atoms with Gasteiger partial charge in [0.05, 0.1) is 0 Å². The molecule has 3 N–H and O–H groups in total. The van der Waals surface area contributed by atoms with Crippen LogP contribution in [0.1, 0.15) is 44.6 Å². The minimum atomic E-state index is -0.293. The van der Waals surface area contributed by atoms with Gasteiger partial charge in [0.2, 0.25) is 0 Å². The van der Waals surface area contributed by atoms with Crippen LogP contribution in [0.3, 0.4) is 0 Å². The summed E-state index contributed by atoms with van der Waals surface area (Å²) < 4.78 is 5.63. The van der Waals surface area contributed by atoms with Crippen LogP contribution >= 0.6 is 0 Å². The summed E-state index contributed by atoms with van der Waals surface area (Å²) in [4.78, 5) is 9.11. The van der Waals surface area contributed by atoms with Crippen LogP contribution in [-0.2, 0) is 16.8 Å². The summed E-state index contributed by atoms with van der Waals surface area (Å²) in [7, 11) is 1.73. The molecule has 0 bridgehead atoms. The normalized spacial score (nSPS) is 17.6. The van der Waals surface area contributed by atoms with Crippen molar-refractivity contribution >= 4 is 5.82 Å². The SMILES string of the molecule is COC1(c2nc(CC(C)C)cc(NN)n2)CCC1. The van der Waals surface area contributed by atoms with E-state index in [9.17, 15) is 0 Å². The van der Waals surface area contributed by atoms with Crippen molar-refractivity contribution in [3.8, 4) is 0 Å². The molecule has 1 heterocycles. The Morgan fingerprint density at radius 3 is 2.61 bits per heavy atom. The molecule has 0 unspecified atom stereocenters. The fourth-order valence-electron chi connectivity index (χ4n) is 2.31. The first-order chi connectivity index (χ1) is 8.59. The molecule has 1 aliphatic carbocycles. The topological polar surface area (TPSA) is 73.1 Å². The van der Waals surface area contributed by atoms with Crippen LogP contribution in [0.25, 0.3) is 0 Å². The lowest BCUT2D eigenvalue weighted by Crippen LogP contribution is -2.38. The van der Waals surface area contributed by atoms with Gasteiger partial charge in [-0.2, -0.15) is 0 Å². The van der Waals surface area contributed by atoms with Gasteiger partial charge in [0.1, 0.15) is 11.4 Å². The van der Waals surface area contributed by atoms with Crippen LogP contribution < -0.4 is 11.3 Å². The molecule has 0 atom stereocenters. The lowest BCUT2D eigenvalue weighted by molar-refractivity contribution is -0.0847. The number of methoxy groups -OCH3 is 1. The maximum atomic E-state index is 5.63. The summed E-state index contributed by atoms with van der Waals surface area (Å²) in [6.07, 6.45) is 4.05. The highest BCUT2D eigenvalue weighted by molar-refractivity contribution is 5.36. The molecule has 1 saturated carbocycles. The average Bonchev–Trinajstić information content (AvgIpc) is 2.27. The van der Waals surface area contributed by atoms with E-state index in [1.54, 1.807) is 7.11 Å². The van der Waals surface area contributed by atoms with E-state index in [4.69, 9.17) is 10.6 Å². The van der Waals surface area contributed by atoms with Crippen LogP contribution in [0.2, 0.25) is 0 Å². The second-order valence-electron chi connectivity index (χ2n) is 5.36. The van der Waals surface area contributed by atoms with Crippen molar-refractivity contribution in [1.82, 2.24) is 9.97 Å². The highest BCUT2D eigenvalue weighted by Crippen LogP contribution is 2.42. The predicted molar refractivity (Wildman–Crippen MR) is 70.9 cm³/mol. The first kappa shape index (κ1) is 13.2. The molecule has 0 aliphatic heterocycles. The van der Waals surface area contributed by atoms with Crippen LogP contribution in [0.4, 0.5) is 5.82 Å². The maximum Gasteiger partial charge on any atom is 0.162 e. The van der Waals surface area contributed by atoms with Gasteiger partial charge >= 0.3 is 0 Å². The molecule has 1 fully saturated rings. The van der Waals surface area contributed by atoms with Gasteiger partial charge in [0, 0.05) is 18.9 Å². The van der Waals surface area contributed by atoms with E-state index in [1.165, 1.54) is 0 Å². The Labute approximate surface area is 108 Å². The molecule has 0 radical (unpaired) electrons. The summed E-state index contributed by atoms with van der Waals surface area (Å²) >= 11 is 0. The van der Waals surface area contributed by atoms with Crippen LogP contribution in [-0.4, -0.2) is 17.1 Å². The molecule has 0 spiro atoms. The highest BCUT2D eigenvalue weighted by Gasteiger charge is 2.42. The second kappa shape index (κ2) is 5.20. The largest absolute Gasteiger partial charge is 0.370 e. The predicted octanol–water partition coefficient (Wildman–Crippen LogP) is 1.99. The zero-order valence-electron chi connectivity index (χ0n) is 11.4. The van der Waals surface area contributed by atoms with Crippen molar-refractivity contribution in [2.24, 2.45) is 11.8 Å². The van der Waals surface area contributed by atoms with E-state index in [2.05, 4.69) is 29.2 Å². The summed E-state index contributed by atoms with van der Waals surface area (Å²) in [6.45, 7) is 4.35. The van der Waals surface area contributed by atoms with Crippen molar-refractivity contribution in [3.05, 3.63) is 17.6 Å². The number of ether oxygens (including phenoxy) is 1. The van der Waals surface area contributed by atoms with Crippen molar-refractivity contribution in [2.75, 3.05) is 12.5 Å². The van der Waals surface area contributed by atoms with E-state index in [0.717, 1.165) is 37.2 Å². The number of anilines is 1. The van der Waals surface area contributed by atoms with E-state index in [-0.39, 0.29) is 5.60 Å². The number of nitrogens with one attached hydrogen (secondary N) is 1. The number of hydrogen-bond acceptors (Lipinski definition) is 5. The fraction of sp³-hybridized carbons (Fsp3) is 0.692. The van der Waals surface area contributed by atoms with Crippen LogP contribution in [0.5, 0.6) is 0 Å². The molecule has 5 heteroatoms. The van der Waals surface area contributed by atoms with Gasteiger partial charge in [-0.15, -0.1) is 0 Å². The number of rotatable bonds is 5. The smallest absolute Gasteiger partial charge is 0.162 e. The zero-order valence-corrected chi connectivity index (χ0v) is 11.4. The number of aromatic nitrogens is 2. The van der Waals surface area contributed by atoms with Crippen LogP contribution in [0.15, 0.2) is 6.07 Å². The molecule has 18 heavy (non-hydrogen) atoms. The van der Waals surface area contributed by atoms with Crippen molar-refractivity contribution in [3.63, 3.8) is 0 Å². The van der Waals surface area contributed by atoms with E-state index >= 15 is 0 Å². The third-order valence-electron chi connectivity index (χ3n) is 3.50. The summed E-state index contributed by atoms with van der Waals surface area (Å²) in [6, 6.07) is 1.91. The standard InChI is InChI=1S/C13H22N4O/c1-9(2)7-10-8-11(17-14)16-12(15-10)13(18-3)5-4-6-13/h8-9H,4-7,14H2,1-3H3,(H,15,16,17). The Balaban J connectivity index is 2.34. The zero-order chi connectivity index (χ0) is 13.2. The molecule has 0 saturated heterocycles. The third kappa shape index (κ3) is 2.47. The Morgan fingerprint density at radius 1 is 1.44 bits per heavy atom. The lowest BCUT2D eigenvalue weighted by Gasteiger charge is -2.39. The van der Waals surface area contributed by atoms with Gasteiger partial charge in [0.25, 0.3) is 0 Å². The summed E-state index contributed by atoms with van der Waals surface area (Å²) in [5.41, 5.74) is 3.35. The second-order valence-corrected chi connectivity index (χ2v) is 5.36. The first-order valence-electron chi connectivity index (χ1n) is 6.50. The summed E-state index contributed by atoms with van der Waals surface area (Å²) in [5, 5.41) is 0. The minimum absolute atomic E-state index is 0.293. The Kier molecular flexibility index (Phi) is 3.82. The number of nitrogens with two attached hydrogens (primary N) is 1. The molecule has 2 rings (SSSR count). The number of nitrogens with zero attached hydrogens (tertiary/aromatic N) is 2. The van der Waals surface area contributed by atoms with Gasteiger partial charge in [0.15, 0.2) is 5.82 Å². The van der Waals surface area contributed by atoms with E-state index in [0.29, 0.717) is 11.7 Å². The number of hydrazine groups is 1. The van der Waals surface area contributed by atoms with Crippen molar-refractivity contribution in [1.29, 1.82) is 0 Å². The first-order valence-corrected chi connectivity index (χ1v) is 6.50. The van der Waals surface area contributed by atoms with Crippen LogP contribution in [0, 0.1) is 5.92 Å². The number of nitrogen functional groups attached to an aromatic ring is 1. The molecule has 1 aromatic rings. The Bertz CT molecular complexity index is 410. The fourth-order valence-corrected chi connectivity index (χ4v) is 2.31. The van der Waals surface area contributed by atoms with E-state index in [1.807, 2.05) is 6.07 Å². The molecular formula is C13H22N4O. The molecule has 100 valence electrons. The van der Waals surface area contributed by atoms with Gasteiger partial charge < -0.3 is 10.2 Å². The number of hydrogen-bond donors (Lipinski definition) is 2. The molecule has 0 amide bonds. The minimum Gasteiger partial charge on any atom is -0.370 e. The molecule has 5 nitrogen and oxygen atoms in total. The van der Waals surface area contributed by atoms with Gasteiger partial charge in [-0.1, -0.05) is 13.8 Å². The molecule has 0 aromatic carbocycles. The Hall–Kier alpha value is -1.20. The highest BCUT2D eigenvalue weighted by atomic mass is 16.5. The summed E-state index contributed by atoms with van der Waals surface area (Å²) in [5.74, 6) is 7.47. The third-order valence-corrected chi connectivity index (χ3v) is 3.50. The molecule has 1 aromatic heterocycles. The van der Waals surface area contributed by atoms with Gasteiger partial charge in [-0.3, -0.25) is 0 Å². The molecule has 1 aliphatic rings. The molecular weight excluding hydrogens is 228 g/mol. The quantitative estimate of drug-likeness (QED) is 0.617. The monoisotopic (exact) mass is 250 g/mol. The maximum absolute atomic E-state index is 5.63. The Morgan fingerprint density at radius 2 is 2.17 bits per heavy atom. The average molecular weight is 250 g/mol. The van der Waals surface area contributed by atoms with Crippen molar-refractivity contribution in [2.45, 2.75) is 45.1 Å². The van der Waals surface area contributed by atoms with E-state index < -0.39 is 0 Å². The lowest BCUT2D eigenvalue weighted by atomic mass is 9.79.